The second kappa shape index (κ2) is 3.61. The number of amides is 1. The largest absolute Gasteiger partial charge is 0.377 e. The summed E-state index contributed by atoms with van der Waals surface area (Å²) in [5.41, 5.74) is 2.32. The number of hydroxylamine groups is 1. The van der Waals surface area contributed by atoms with Crippen molar-refractivity contribution in [3.05, 3.63) is 0 Å². The molecule has 13 heavy (non-hydrogen) atoms. The van der Waals surface area contributed by atoms with Gasteiger partial charge in [-0.3, -0.25) is 14.9 Å². The first kappa shape index (κ1) is 8.93. The Morgan fingerprint density at radius 3 is 3.00 bits per heavy atom. The van der Waals surface area contributed by atoms with E-state index in [9.17, 15) is 4.79 Å². The lowest BCUT2D eigenvalue weighted by molar-refractivity contribution is -0.125. The highest BCUT2D eigenvalue weighted by molar-refractivity contribution is 5.82. The molecule has 0 aliphatic carbocycles. The summed E-state index contributed by atoms with van der Waals surface area (Å²) >= 11 is 0. The van der Waals surface area contributed by atoms with Crippen LogP contribution in [0.2, 0.25) is 0 Å². The molecule has 0 aromatic rings. The van der Waals surface area contributed by atoms with Crippen molar-refractivity contribution >= 4 is 5.91 Å². The molecule has 0 spiro atoms. The van der Waals surface area contributed by atoms with Gasteiger partial charge in [0.2, 0.25) is 0 Å². The molecule has 1 amide bonds. The Morgan fingerprint density at radius 1 is 1.62 bits per heavy atom. The first-order valence-electron chi connectivity index (χ1n) is 4.56. The number of hydrogen-bond acceptors (Lipinski definition) is 4. The molecule has 5 nitrogen and oxygen atoms in total. The first-order chi connectivity index (χ1) is 6.27. The Morgan fingerprint density at radius 2 is 2.46 bits per heavy atom. The second-order valence-electron chi connectivity index (χ2n) is 3.47. The quantitative estimate of drug-likeness (QED) is 0.591. The van der Waals surface area contributed by atoms with Crippen LogP contribution in [0.5, 0.6) is 0 Å². The average Bonchev–Trinajstić information content (AvgIpc) is 2.65. The van der Waals surface area contributed by atoms with Gasteiger partial charge in [-0.25, -0.2) is 5.48 Å². The van der Waals surface area contributed by atoms with Crippen molar-refractivity contribution in [2.24, 2.45) is 0 Å². The molecule has 2 aliphatic heterocycles. The predicted octanol–water partition coefficient (Wildman–Crippen LogP) is -0.817. The third kappa shape index (κ3) is 1.82. The van der Waals surface area contributed by atoms with Crippen LogP contribution < -0.4 is 10.8 Å². The summed E-state index contributed by atoms with van der Waals surface area (Å²) < 4.78 is 5.38. The topological polar surface area (TPSA) is 59.6 Å². The van der Waals surface area contributed by atoms with Crippen LogP contribution in [0.1, 0.15) is 13.3 Å². The van der Waals surface area contributed by atoms with Crippen molar-refractivity contribution in [2.75, 3.05) is 13.2 Å². The summed E-state index contributed by atoms with van der Waals surface area (Å²) in [4.78, 5) is 15.9. The van der Waals surface area contributed by atoms with Crippen molar-refractivity contribution in [1.29, 1.82) is 0 Å². The molecule has 2 N–H and O–H groups in total. The van der Waals surface area contributed by atoms with E-state index in [2.05, 4.69) is 10.8 Å². The maximum absolute atomic E-state index is 11.1. The van der Waals surface area contributed by atoms with E-state index in [0.29, 0.717) is 6.61 Å². The van der Waals surface area contributed by atoms with E-state index in [-0.39, 0.29) is 24.1 Å². The predicted molar refractivity (Wildman–Crippen MR) is 44.8 cm³/mol. The van der Waals surface area contributed by atoms with Gasteiger partial charge in [-0.05, 0) is 13.3 Å². The molecule has 0 bridgehead atoms. The molecular weight excluding hydrogens is 172 g/mol. The van der Waals surface area contributed by atoms with Gasteiger partial charge in [0.1, 0.15) is 6.04 Å². The fourth-order valence-corrected chi connectivity index (χ4v) is 1.68. The van der Waals surface area contributed by atoms with Crippen LogP contribution in [-0.4, -0.2) is 37.3 Å². The third-order valence-electron chi connectivity index (χ3n) is 2.53. The molecule has 2 aliphatic rings. The van der Waals surface area contributed by atoms with Crippen molar-refractivity contribution in [3.8, 4) is 0 Å². The molecule has 2 heterocycles. The zero-order chi connectivity index (χ0) is 9.26. The van der Waals surface area contributed by atoms with Gasteiger partial charge in [0, 0.05) is 12.6 Å². The van der Waals surface area contributed by atoms with E-state index in [4.69, 9.17) is 9.57 Å². The van der Waals surface area contributed by atoms with Crippen molar-refractivity contribution < 1.29 is 14.4 Å². The number of carbonyl (C=O) groups is 1. The monoisotopic (exact) mass is 186 g/mol. The molecule has 0 saturated carbocycles. The molecule has 0 aromatic heterocycles. The first-order valence-corrected chi connectivity index (χ1v) is 4.56. The molecule has 2 fully saturated rings. The Bertz CT molecular complexity index is 210. The van der Waals surface area contributed by atoms with Gasteiger partial charge in [-0.1, -0.05) is 0 Å². The number of nitrogens with one attached hydrogen (secondary N) is 2. The SMILES string of the molecule is CC1OCCC1NC1CONC1=O. The summed E-state index contributed by atoms with van der Waals surface area (Å²) in [6.07, 6.45) is 1.15. The van der Waals surface area contributed by atoms with E-state index in [0.717, 1.165) is 13.0 Å². The van der Waals surface area contributed by atoms with Crippen LogP contribution in [0.25, 0.3) is 0 Å². The standard InChI is InChI=1S/C8H14N2O3/c1-5-6(2-3-12-5)9-7-4-13-10-8(7)11/h5-7,9H,2-4H2,1H3,(H,10,11). The Hall–Kier alpha value is -0.650. The fourth-order valence-electron chi connectivity index (χ4n) is 1.68. The third-order valence-corrected chi connectivity index (χ3v) is 2.53. The Balaban J connectivity index is 1.86. The van der Waals surface area contributed by atoms with Crippen LogP contribution in [0.15, 0.2) is 0 Å². The highest BCUT2D eigenvalue weighted by atomic mass is 16.7. The lowest BCUT2D eigenvalue weighted by Crippen LogP contribution is -2.46. The maximum Gasteiger partial charge on any atom is 0.263 e. The van der Waals surface area contributed by atoms with Crippen LogP contribution in [0, 0.1) is 0 Å². The van der Waals surface area contributed by atoms with E-state index in [1.807, 2.05) is 6.92 Å². The number of rotatable bonds is 2. The smallest absolute Gasteiger partial charge is 0.263 e. The minimum Gasteiger partial charge on any atom is -0.377 e. The highest BCUT2D eigenvalue weighted by Gasteiger charge is 2.32. The number of carbonyl (C=O) groups excluding carboxylic acids is 1. The Kier molecular flexibility index (Phi) is 2.48. The second-order valence-corrected chi connectivity index (χ2v) is 3.47. The van der Waals surface area contributed by atoms with Gasteiger partial charge in [-0.2, -0.15) is 0 Å². The molecular formula is C8H14N2O3. The summed E-state index contributed by atoms with van der Waals surface area (Å²) in [5.74, 6) is -0.0842. The van der Waals surface area contributed by atoms with E-state index < -0.39 is 0 Å². The number of hydrogen-bond donors (Lipinski definition) is 2. The zero-order valence-corrected chi connectivity index (χ0v) is 7.58. The molecule has 74 valence electrons. The molecule has 2 rings (SSSR count). The van der Waals surface area contributed by atoms with E-state index in [1.165, 1.54) is 0 Å². The minimum atomic E-state index is -0.214. The molecule has 3 atom stereocenters. The van der Waals surface area contributed by atoms with Gasteiger partial charge >= 0.3 is 0 Å². The molecule has 0 radical (unpaired) electrons. The maximum atomic E-state index is 11.1. The van der Waals surface area contributed by atoms with Crippen molar-refractivity contribution in [1.82, 2.24) is 10.8 Å². The van der Waals surface area contributed by atoms with Gasteiger partial charge < -0.3 is 4.74 Å². The normalized spacial score (nSPS) is 39.5. The number of ether oxygens (including phenoxy) is 1. The van der Waals surface area contributed by atoms with Gasteiger partial charge in [0.25, 0.3) is 5.91 Å². The lowest BCUT2D eigenvalue weighted by Gasteiger charge is -2.18. The van der Waals surface area contributed by atoms with Gasteiger partial charge in [0.15, 0.2) is 0 Å². The molecule has 0 aromatic carbocycles. The zero-order valence-electron chi connectivity index (χ0n) is 7.58. The van der Waals surface area contributed by atoms with Gasteiger partial charge in [-0.15, -0.1) is 0 Å². The minimum absolute atomic E-state index is 0.0842. The van der Waals surface area contributed by atoms with E-state index in [1.54, 1.807) is 0 Å². The van der Waals surface area contributed by atoms with Crippen LogP contribution >= 0.6 is 0 Å². The molecule has 3 unspecified atom stereocenters. The van der Waals surface area contributed by atoms with Crippen molar-refractivity contribution in [2.45, 2.75) is 31.5 Å². The van der Waals surface area contributed by atoms with Crippen LogP contribution in [0.4, 0.5) is 0 Å². The summed E-state index contributed by atoms with van der Waals surface area (Å²) in [5, 5.41) is 3.22. The van der Waals surface area contributed by atoms with Crippen LogP contribution in [-0.2, 0) is 14.4 Å². The van der Waals surface area contributed by atoms with Crippen LogP contribution in [0.3, 0.4) is 0 Å². The molecule has 2 saturated heterocycles. The van der Waals surface area contributed by atoms with E-state index >= 15 is 0 Å². The summed E-state index contributed by atoms with van der Waals surface area (Å²) in [7, 11) is 0. The summed E-state index contributed by atoms with van der Waals surface area (Å²) in [6.45, 7) is 3.19. The van der Waals surface area contributed by atoms with Crippen molar-refractivity contribution in [3.63, 3.8) is 0 Å². The molecule has 5 heteroatoms. The van der Waals surface area contributed by atoms with Gasteiger partial charge in [0.05, 0.1) is 12.7 Å². The highest BCUT2D eigenvalue weighted by Crippen LogP contribution is 2.13. The fraction of sp³-hybridized carbons (Fsp3) is 0.875. The lowest BCUT2D eigenvalue weighted by atomic mass is 10.1. The average molecular weight is 186 g/mol. The Labute approximate surface area is 76.7 Å². The summed E-state index contributed by atoms with van der Waals surface area (Å²) in [6, 6.07) is 0.0617.